The van der Waals surface area contributed by atoms with Gasteiger partial charge in [-0.15, -0.1) is 5.10 Å². The minimum atomic E-state index is -2.69. The van der Waals surface area contributed by atoms with Crippen LogP contribution in [0.15, 0.2) is 42.6 Å². The molecule has 0 bridgehead atoms. The number of aliphatic carboxylic acids is 1. The molecule has 1 saturated heterocycles. The lowest BCUT2D eigenvalue weighted by Gasteiger charge is -2.46. The summed E-state index contributed by atoms with van der Waals surface area (Å²) in [6.45, 7) is 2.48. The molecule has 0 spiro atoms. The third kappa shape index (κ3) is 21.5. The van der Waals surface area contributed by atoms with Gasteiger partial charge in [0.2, 0.25) is 17.7 Å². The van der Waals surface area contributed by atoms with Gasteiger partial charge in [0.25, 0.3) is 24.0 Å². The Labute approximate surface area is 419 Å². The maximum atomic E-state index is 12.9. The summed E-state index contributed by atoms with van der Waals surface area (Å²) in [5.41, 5.74) is 0.790. The zero-order chi connectivity index (χ0) is 53.0. The number of imide groups is 1. The highest BCUT2D eigenvalue weighted by atomic mass is 19.3. The number of aromatic nitrogens is 3. The number of unbranched alkanes of at least 4 members (excludes halogenated alkanes) is 3. The molecule has 73 heavy (non-hydrogen) atoms. The number of nitrogens with one attached hydrogen (secondary N) is 3. The average Bonchev–Trinajstić information content (AvgIpc) is 3.96. The molecule has 2 aliphatic heterocycles. The van der Waals surface area contributed by atoms with Crippen LogP contribution in [0, 0.1) is 0 Å². The number of hydrogen-bond donors (Lipinski definition) is 8. The van der Waals surface area contributed by atoms with Gasteiger partial charge in [0.1, 0.15) is 24.5 Å². The SMILES string of the molecule is O=C(CCN1C(=O)C=CC1=O)NCCOCCOCCOCCOCCn1cc(COCCCCCCO[C@]2(C(=O)O)C[C@H](O)[C@@H](NC(=O)CO)[C@H]([C@H](O)[C@H](O)CNC(=O)Cc3ccc(C(F)F)cc3)O2)nn1. The van der Waals surface area contributed by atoms with Crippen LogP contribution in [0.25, 0.3) is 0 Å². The first-order valence-electron chi connectivity index (χ1n) is 23.8. The smallest absolute Gasteiger partial charge is 0.364 e. The number of benzene rings is 1. The summed E-state index contributed by atoms with van der Waals surface area (Å²) in [6.07, 6.45) is -4.56. The zero-order valence-corrected chi connectivity index (χ0v) is 40.4. The van der Waals surface area contributed by atoms with Crippen LogP contribution in [0.4, 0.5) is 8.78 Å². The lowest BCUT2D eigenvalue weighted by Crippen LogP contribution is -2.68. The van der Waals surface area contributed by atoms with E-state index in [0.717, 1.165) is 4.90 Å². The predicted molar refractivity (Wildman–Crippen MR) is 246 cm³/mol. The summed E-state index contributed by atoms with van der Waals surface area (Å²) in [6, 6.07) is 3.50. The van der Waals surface area contributed by atoms with Crippen molar-refractivity contribution in [3.05, 3.63) is 59.4 Å². The van der Waals surface area contributed by atoms with E-state index in [1.54, 1.807) is 10.9 Å². The van der Waals surface area contributed by atoms with Crippen molar-refractivity contribution in [3.63, 3.8) is 0 Å². The molecule has 1 aromatic heterocycles. The minimum Gasteiger partial charge on any atom is -0.477 e. The van der Waals surface area contributed by atoms with Crippen LogP contribution in [0.5, 0.6) is 0 Å². The van der Waals surface area contributed by atoms with Crippen LogP contribution >= 0.6 is 0 Å². The number of carboxylic acid groups (broad SMARTS) is 1. The van der Waals surface area contributed by atoms with E-state index in [1.165, 1.54) is 36.4 Å². The fraction of sp³-hybridized carbons (Fsp3) is 0.652. The number of aliphatic hydroxyl groups is 4. The Morgan fingerprint density at radius 3 is 2.05 bits per heavy atom. The number of hydrogen-bond acceptors (Lipinski definition) is 19. The molecule has 6 atom stereocenters. The quantitative estimate of drug-likeness (QED) is 0.0274. The fourth-order valence-electron chi connectivity index (χ4n) is 7.26. The van der Waals surface area contributed by atoms with Crippen LogP contribution in [0.3, 0.4) is 0 Å². The van der Waals surface area contributed by atoms with Gasteiger partial charge >= 0.3 is 5.97 Å². The Morgan fingerprint density at radius 1 is 0.795 bits per heavy atom. The molecular weight excluding hydrogens is 977 g/mol. The molecular formula is C46H67F2N7O18. The second-order valence-electron chi connectivity index (χ2n) is 16.7. The summed E-state index contributed by atoms with van der Waals surface area (Å²) in [5.74, 6) is -6.93. The van der Waals surface area contributed by atoms with Crippen molar-refractivity contribution in [1.82, 2.24) is 35.8 Å². The second kappa shape index (κ2) is 32.7. The molecule has 1 fully saturated rings. The summed E-state index contributed by atoms with van der Waals surface area (Å²) in [5, 5.41) is 67.9. The van der Waals surface area contributed by atoms with Gasteiger partial charge in [-0.25, -0.2) is 18.3 Å². The molecule has 0 radical (unpaired) electrons. The summed E-state index contributed by atoms with van der Waals surface area (Å²) < 4.78 is 66.4. The first-order valence-corrected chi connectivity index (χ1v) is 23.8. The highest BCUT2D eigenvalue weighted by Gasteiger charge is 2.55. The maximum absolute atomic E-state index is 12.9. The number of amides is 5. The molecule has 0 saturated carbocycles. The average molecular weight is 1040 g/mol. The van der Waals surface area contributed by atoms with Crippen LogP contribution in [0.2, 0.25) is 0 Å². The number of aliphatic hydroxyl groups excluding tert-OH is 4. The lowest BCUT2D eigenvalue weighted by atomic mass is 9.88. The molecule has 8 N–H and O–H groups in total. The van der Waals surface area contributed by atoms with Crippen LogP contribution < -0.4 is 16.0 Å². The number of carboxylic acids is 1. The lowest BCUT2D eigenvalue weighted by molar-refractivity contribution is -0.310. The second-order valence-corrected chi connectivity index (χ2v) is 16.7. The van der Waals surface area contributed by atoms with Gasteiger partial charge in [-0.2, -0.15) is 0 Å². The van der Waals surface area contributed by atoms with E-state index in [4.69, 9.17) is 33.2 Å². The Kier molecular flexibility index (Phi) is 26.9. The van der Waals surface area contributed by atoms with E-state index in [-0.39, 0.29) is 57.2 Å². The first kappa shape index (κ1) is 60.1. The molecule has 4 rings (SSSR count). The molecule has 0 unspecified atom stereocenters. The number of ether oxygens (including phenoxy) is 7. The Hall–Kier alpha value is -5.46. The molecule has 2 aliphatic rings. The highest BCUT2D eigenvalue weighted by molar-refractivity contribution is 6.13. The van der Waals surface area contributed by atoms with E-state index in [1.807, 2.05) is 0 Å². The van der Waals surface area contributed by atoms with Gasteiger partial charge in [-0.05, 0) is 18.4 Å². The predicted octanol–water partition coefficient (Wildman–Crippen LogP) is -1.70. The van der Waals surface area contributed by atoms with Crippen molar-refractivity contribution in [2.75, 3.05) is 92.3 Å². The van der Waals surface area contributed by atoms with E-state index in [0.29, 0.717) is 96.3 Å². The van der Waals surface area contributed by atoms with Gasteiger partial charge in [-0.1, -0.05) is 42.3 Å². The standard InChI is InChI=1S/C46H67F2N7O18/c47-44(48)32-7-5-31(6-8-32)25-37(60)50-27-35(58)42(64)43-41(51-38(61)29-56)34(57)26-46(73-43,45(65)66)72-16-4-2-1-3-15-71-30-33-28-54(53-52-33)14-18-68-20-22-70-24-23-69-21-19-67-17-12-49-36(59)11-13-55-39(62)9-10-40(55)63/h5-10,28,34-35,41-44,56-58,64H,1-4,11-27,29-30H2,(H,49,59)(H,50,60)(H,51,61)(H,65,66)/t34-,35+,41+,42+,43+,46+/m0/s1. The molecule has 0 aliphatic carbocycles. The minimum absolute atomic E-state index is 0.0150. The van der Waals surface area contributed by atoms with Crippen molar-refractivity contribution in [2.24, 2.45) is 0 Å². The van der Waals surface area contributed by atoms with E-state index < -0.39 is 91.8 Å². The number of alkyl halides is 2. The Morgan fingerprint density at radius 2 is 1.42 bits per heavy atom. The number of nitrogens with zero attached hydrogens (tertiary/aromatic N) is 4. The fourth-order valence-corrected chi connectivity index (χ4v) is 7.26. The van der Waals surface area contributed by atoms with Gasteiger partial charge in [0, 0.05) is 56.8 Å². The molecule has 25 nitrogen and oxygen atoms in total. The third-order valence-electron chi connectivity index (χ3n) is 11.2. The van der Waals surface area contributed by atoms with Gasteiger partial charge in [-0.3, -0.25) is 28.9 Å². The Bertz CT molecular complexity index is 2030. The number of carbonyl (C=O) groups is 6. The van der Waals surface area contributed by atoms with Crippen molar-refractivity contribution < 1.29 is 96.2 Å². The molecule has 1 aromatic carbocycles. The molecule has 2 aromatic rings. The van der Waals surface area contributed by atoms with Crippen molar-refractivity contribution >= 4 is 35.5 Å². The van der Waals surface area contributed by atoms with Gasteiger partial charge < -0.3 is 74.6 Å². The van der Waals surface area contributed by atoms with Crippen LogP contribution in [-0.2, 0) is 81.5 Å². The molecule has 3 heterocycles. The monoisotopic (exact) mass is 1040 g/mol. The zero-order valence-electron chi connectivity index (χ0n) is 40.4. The maximum Gasteiger partial charge on any atom is 0.364 e. The van der Waals surface area contributed by atoms with E-state index in [9.17, 15) is 63.1 Å². The van der Waals surface area contributed by atoms with Crippen LogP contribution in [0.1, 0.15) is 61.8 Å². The molecule has 408 valence electrons. The third-order valence-corrected chi connectivity index (χ3v) is 11.2. The normalized spacial score (nSPS) is 19.6. The largest absolute Gasteiger partial charge is 0.477 e. The Balaban J connectivity index is 1.01. The van der Waals surface area contributed by atoms with Gasteiger partial charge in [0.15, 0.2) is 0 Å². The number of carbonyl (C=O) groups excluding carboxylic acids is 5. The summed E-state index contributed by atoms with van der Waals surface area (Å²) in [7, 11) is 0. The van der Waals surface area contributed by atoms with Crippen molar-refractivity contribution in [3.8, 4) is 0 Å². The van der Waals surface area contributed by atoms with Crippen molar-refractivity contribution in [1.29, 1.82) is 0 Å². The van der Waals surface area contributed by atoms with Crippen LogP contribution in [-0.4, -0.2) is 209 Å². The first-order chi connectivity index (χ1) is 35.1. The summed E-state index contributed by atoms with van der Waals surface area (Å²) in [4.78, 5) is 73.1. The van der Waals surface area contributed by atoms with Gasteiger partial charge in [0.05, 0.1) is 103 Å². The molecule has 5 amide bonds. The highest BCUT2D eigenvalue weighted by Crippen LogP contribution is 2.34. The van der Waals surface area contributed by atoms with Crippen molar-refractivity contribution in [2.45, 2.75) is 101 Å². The van der Waals surface area contributed by atoms with E-state index in [2.05, 4.69) is 26.3 Å². The van der Waals surface area contributed by atoms with E-state index >= 15 is 0 Å². The topological polar surface area (TPSA) is 338 Å². The summed E-state index contributed by atoms with van der Waals surface area (Å²) >= 11 is 0. The molecule has 27 heteroatoms. The number of halogens is 2. The number of rotatable bonds is 38.